The molecule has 0 aliphatic rings. The molecule has 180 valence electrons. The van der Waals surface area contributed by atoms with Gasteiger partial charge >= 0.3 is 0 Å². The Bertz CT molecular complexity index is 1290. The number of halogens is 1. The molecule has 1 N–H and O–H groups in total. The Morgan fingerprint density at radius 2 is 1.83 bits per heavy atom. The standard InChI is InChI=1S/C27H27ClN4O2S/c1-4-18(2)19-8-12-22(13-9-19)29-25(33)17-35-27-31-30-26(20-6-5-7-24(16-20)34-3)32(27)23-14-10-21(28)11-15-23/h5-16,18H,4,17H2,1-3H3,(H,29,33). The third kappa shape index (κ3) is 6.05. The van der Waals surface area contributed by atoms with Crippen LogP contribution < -0.4 is 10.1 Å². The summed E-state index contributed by atoms with van der Waals surface area (Å²) >= 11 is 7.43. The fourth-order valence-electron chi connectivity index (χ4n) is 3.59. The van der Waals surface area contributed by atoms with Crippen LogP contribution in [0.2, 0.25) is 5.02 Å². The lowest BCUT2D eigenvalue weighted by Gasteiger charge is -2.12. The lowest BCUT2D eigenvalue weighted by Crippen LogP contribution is -2.14. The summed E-state index contributed by atoms with van der Waals surface area (Å²) in [5.41, 5.74) is 3.74. The Labute approximate surface area is 214 Å². The predicted molar refractivity (Wildman–Crippen MR) is 143 cm³/mol. The molecule has 0 radical (unpaired) electrons. The first-order chi connectivity index (χ1) is 17.0. The van der Waals surface area contributed by atoms with Crippen LogP contribution in [-0.2, 0) is 4.79 Å². The first-order valence-electron chi connectivity index (χ1n) is 11.4. The number of benzene rings is 3. The third-order valence-corrected chi connectivity index (χ3v) is 6.94. The molecule has 1 aromatic heterocycles. The van der Waals surface area contributed by atoms with Crippen LogP contribution in [0.15, 0.2) is 78.0 Å². The molecule has 0 spiro atoms. The average Bonchev–Trinajstić information content (AvgIpc) is 3.32. The molecule has 1 unspecified atom stereocenters. The van der Waals surface area contributed by atoms with Gasteiger partial charge in [-0.15, -0.1) is 10.2 Å². The van der Waals surface area contributed by atoms with E-state index in [4.69, 9.17) is 16.3 Å². The Kier molecular flexibility index (Phi) is 8.10. The summed E-state index contributed by atoms with van der Waals surface area (Å²) in [7, 11) is 1.63. The summed E-state index contributed by atoms with van der Waals surface area (Å²) in [5, 5.41) is 13.0. The zero-order chi connectivity index (χ0) is 24.8. The number of ether oxygens (including phenoxy) is 1. The number of hydrogen-bond donors (Lipinski definition) is 1. The van der Waals surface area contributed by atoms with Gasteiger partial charge in [-0.05, 0) is 66.4 Å². The number of hydrogen-bond acceptors (Lipinski definition) is 5. The van der Waals surface area contributed by atoms with E-state index in [2.05, 4.69) is 41.5 Å². The Balaban J connectivity index is 1.54. The number of nitrogens with zero attached hydrogens (tertiary/aromatic N) is 3. The van der Waals surface area contributed by atoms with Gasteiger partial charge < -0.3 is 10.1 Å². The highest BCUT2D eigenvalue weighted by molar-refractivity contribution is 7.99. The van der Waals surface area contributed by atoms with Gasteiger partial charge in [-0.25, -0.2) is 0 Å². The van der Waals surface area contributed by atoms with E-state index in [0.717, 1.165) is 29.1 Å². The van der Waals surface area contributed by atoms with E-state index in [1.165, 1.54) is 17.3 Å². The number of methoxy groups -OCH3 is 1. The summed E-state index contributed by atoms with van der Waals surface area (Å²) in [6.45, 7) is 4.36. The van der Waals surface area contributed by atoms with Gasteiger partial charge in [0.1, 0.15) is 5.75 Å². The number of nitrogens with one attached hydrogen (secondary N) is 1. The topological polar surface area (TPSA) is 69.0 Å². The van der Waals surface area contributed by atoms with Crippen LogP contribution in [0.5, 0.6) is 5.75 Å². The quantitative estimate of drug-likeness (QED) is 0.252. The highest BCUT2D eigenvalue weighted by Crippen LogP contribution is 2.30. The maximum atomic E-state index is 12.7. The SMILES string of the molecule is CCC(C)c1ccc(NC(=O)CSc2nnc(-c3cccc(OC)c3)n2-c2ccc(Cl)cc2)cc1. The average molecular weight is 507 g/mol. The summed E-state index contributed by atoms with van der Waals surface area (Å²) in [4.78, 5) is 12.7. The summed E-state index contributed by atoms with van der Waals surface area (Å²) in [5.74, 6) is 1.95. The summed E-state index contributed by atoms with van der Waals surface area (Å²) < 4.78 is 7.29. The van der Waals surface area contributed by atoms with Gasteiger partial charge in [-0.1, -0.05) is 61.5 Å². The number of rotatable bonds is 9. The van der Waals surface area contributed by atoms with E-state index in [1.807, 2.05) is 65.2 Å². The van der Waals surface area contributed by atoms with Gasteiger partial charge in [0.15, 0.2) is 11.0 Å². The predicted octanol–water partition coefficient (Wildman–Crippen LogP) is 6.84. The second-order valence-electron chi connectivity index (χ2n) is 8.12. The van der Waals surface area contributed by atoms with Gasteiger partial charge in [0, 0.05) is 22.0 Å². The van der Waals surface area contributed by atoms with Crippen molar-refractivity contribution in [2.45, 2.75) is 31.3 Å². The molecule has 35 heavy (non-hydrogen) atoms. The molecule has 0 fully saturated rings. The van der Waals surface area contributed by atoms with E-state index >= 15 is 0 Å². The number of aromatic nitrogens is 3. The van der Waals surface area contributed by atoms with E-state index in [1.54, 1.807) is 7.11 Å². The highest BCUT2D eigenvalue weighted by atomic mass is 35.5. The Hall–Kier alpha value is -3.29. The number of carbonyl (C=O) groups is 1. The molecule has 1 amide bonds. The molecule has 0 saturated heterocycles. The molecule has 0 aliphatic carbocycles. The van der Waals surface area contributed by atoms with Gasteiger partial charge in [-0.2, -0.15) is 0 Å². The van der Waals surface area contributed by atoms with Gasteiger partial charge in [0.05, 0.1) is 12.9 Å². The fourth-order valence-corrected chi connectivity index (χ4v) is 4.47. The fraction of sp³-hybridized carbons (Fsp3) is 0.222. The van der Waals surface area contributed by atoms with Gasteiger partial charge in [0.2, 0.25) is 5.91 Å². The van der Waals surface area contributed by atoms with Crippen molar-refractivity contribution < 1.29 is 9.53 Å². The Morgan fingerprint density at radius 3 is 2.51 bits per heavy atom. The molecule has 4 rings (SSSR count). The number of anilines is 1. The summed E-state index contributed by atoms with van der Waals surface area (Å²) in [6.07, 6.45) is 1.08. The van der Waals surface area contributed by atoms with Crippen LogP contribution in [0.3, 0.4) is 0 Å². The van der Waals surface area contributed by atoms with Crippen molar-refractivity contribution in [2.24, 2.45) is 0 Å². The van der Waals surface area contributed by atoms with Crippen molar-refractivity contribution in [3.8, 4) is 22.8 Å². The minimum atomic E-state index is -0.111. The van der Waals surface area contributed by atoms with Crippen molar-refractivity contribution in [1.29, 1.82) is 0 Å². The van der Waals surface area contributed by atoms with E-state index < -0.39 is 0 Å². The van der Waals surface area contributed by atoms with Crippen molar-refractivity contribution in [2.75, 3.05) is 18.2 Å². The number of thioether (sulfide) groups is 1. The van der Waals surface area contributed by atoms with Crippen molar-refractivity contribution in [1.82, 2.24) is 14.8 Å². The molecule has 0 saturated carbocycles. The first kappa shape index (κ1) is 24.8. The molecule has 1 atom stereocenters. The van der Waals surface area contributed by atoms with E-state index in [-0.39, 0.29) is 11.7 Å². The normalized spacial score (nSPS) is 11.8. The smallest absolute Gasteiger partial charge is 0.234 e. The summed E-state index contributed by atoms with van der Waals surface area (Å²) in [6, 6.07) is 23.1. The van der Waals surface area contributed by atoms with Crippen molar-refractivity contribution in [3.05, 3.63) is 83.4 Å². The first-order valence-corrected chi connectivity index (χ1v) is 12.7. The van der Waals surface area contributed by atoms with Crippen LogP contribution in [-0.4, -0.2) is 33.5 Å². The van der Waals surface area contributed by atoms with Crippen molar-refractivity contribution >= 4 is 35.0 Å². The second-order valence-corrected chi connectivity index (χ2v) is 9.50. The van der Waals surface area contributed by atoms with Gasteiger partial charge in [-0.3, -0.25) is 9.36 Å². The molecule has 6 nitrogen and oxygen atoms in total. The maximum Gasteiger partial charge on any atom is 0.234 e. The van der Waals surface area contributed by atoms with Crippen LogP contribution in [0.4, 0.5) is 5.69 Å². The lowest BCUT2D eigenvalue weighted by atomic mass is 9.99. The van der Waals surface area contributed by atoms with Crippen LogP contribution >= 0.6 is 23.4 Å². The van der Waals surface area contributed by atoms with Crippen molar-refractivity contribution in [3.63, 3.8) is 0 Å². The van der Waals surface area contributed by atoms with Gasteiger partial charge in [0.25, 0.3) is 0 Å². The molecular weight excluding hydrogens is 480 g/mol. The molecule has 4 aromatic rings. The largest absolute Gasteiger partial charge is 0.497 e. The van der Waals surface area contributed by atoms with Crippen LogP contribution in [0.1, 0.15) is 31.7 Å². The Morgan fingerprint density at radius 1 is 1.09 bits per heavy atom. The minimum absolute atomic E-state index is 0.111. The van der Waals surface area contributed by atoms with E-state index in [9.17, 15) is 4.79 Å². The maximum absolute atomic E-state index is 12.7. The highest BCUT2D eigenvalue weighted by Gasteiger charge is 2.18. The molecule has 1 heterocycles. The zero-order valence-electron chi connectivity index (χ0n) is 19.9. The molecule has 0 bridgehead atoms. The second kappa shape index (κ2) is 11.4. The number of carbonyl (C=O) groups excluding carboxylic acids is 1. The monoisotopic (exact) mass is 506 g/mol. The molecule has 3 aromatic carbocycles. The molecular formula is C27H27ClN4O2S. The number of amides is 1. The molecule has 8 heteroatoms. The zero-order valence-corrected chi connectivity index (χ0v) is 21.4. The molecule has 0 aliphatic heterocycles. The minimum Gasteiger partial charge on any atom is -0.497 e. The van der Waals surface area contributed by atoms with Crippen LogP contribution in [0, 0.1) is 0 Å². The van der Waals surface area contributed by atoms with E-state index in [0.29, 0.717) is 21.9 Å². The van der Waals surface area contributed by atoms with Crippen LogP contribution in [0.25, 0.3) is 17.1 Å². The third-order valence-electron chi connectivity index (χ3n) is 5.75. The lowest BCUT2D eigenvalue weighted by molar-refractivity contribution is -0.113.